The number of thiazole rings is 1. The fraction of sp³-hybridized carbons (Fsp3) is 0.125. The minimum absolute atomic E-state index is 0.0957. The molecule has 1 N–H and O–H groups in total. The third-order valence-electron chi connectivity index (χ3n) is 3.35. The number of aromatic nitrogens is 1. The molecule has 0 fully saturated rings. The Labute approximate surface area is 148 Å². The number of hydrogen-bond donors (Lipinski definition) is 1. The predicted octanol–water partition coefficient (Wildman–Crippen LogP) is 3.52. The van der Waals surface area contributed by atoms with Gasteiger partial charge in [0.05, 0.1) is 10.2 Å². The van der Waals surface area contributed by atoms with Gasteiger partial charge >= 0.3 is 6.36 Å². The summed E-state index contributed by atoms with van der Waals surface area (Å²) in [4.78, 5) is 12.3. The summed E-state index contributed by atoms with van der Waals surface area (Å²) < 4.78 is 56.1. The van der Waals surface area contributed by atoms with Gasteiger partial charge in [0, 0.05) is 12.6 Å². The van der Waals surface area contributed by atoms with Crippen LogP contribution >= 0.6 is 11.3 Å². The van der Waals surface area contributed by atoms with Gasteiger partial charge in [-0.2, -0.15) is 0 Å². The van der Waals surface area contributed by atoms with E-state index in [4.69, 9.17) is 0 Å². The van der Waals surface area contributed by atoms with E-state index in [1.165, 1.54) is 36.4 Å². The Balaban J connectivity index is 1.88. The van der Waals surface area contributed by atoms with Crippen molar-refractivity contribution in [1.29, 1.82) is 0 Å². The highest BCUT2D eigenvalue weighted by Crippen LogP contribution is 2.27. The van der Waals surface area contributed by atoms with Crippen LogP contribution in [-0.4, -0.2) is 16.8 Å². The molecule has 0 radical (unpaired) electrons. The number of fused-ring (bicyclic) bond motifs is 1. The van der Waals surface area contributed by atoms with E-state index in [0.29, 0.717) is 15.0 Å². The van der Waals surface area contributed by atoms with Gasteiger partial charge in [0.2, 0.25) is 4.80 Å². The molecule has 0 atom stereocenters. The minimum atomic E-state index is -4.78. The van der Waals surface area contributed by atoms with Crippen LogP contribution in [0.3, 0.4) is 0 Å². The van der Waals surface area contributed by atoms with Crippen molar-refractivity contribution in [3.8, 4) is 5.75 Å². The number of hydrogen-bond acceptors (Lipinski definition) is 4. The molecule has 0 spiro atoms. The van der Waals surface area contributed by atoms with Gasteiger partial charge in [0.15, 0.2) is 0 Å². The number of rotatable bonds is 3. The van der Waals surface area contributed by atoms with E-state index in [2.05, 4.69) is 15.3 Å². The standard InChI is InChI=1S/C16H11F4N3O2S/c1-23-12-6-5-11(25-16(18,19)20)8-13(12)26-15(23)22-21-14(24)9-3-2-4-10(17)7-9/h2-8H,1H3,(H,21,24)/b22-15-. The van der Waals surface area contributed by atoms with Crippen molar-refractivity contribution >= 4 is 27.5 Å². The third kappa shape index (κ3) is 4.02. The number of carbonyl (C=O) groups excluding carboxylic acids is 1. The average molecular weight is 385 g/mol. The molecule has 1 aromatic heterocycles. The number of ether oxygens (including phenoxy) is 1. The van der Waals surface area contributed by atoms with Gasteiger partial charge in [0.1, 0.15) is 11.6 Å². The molecule has 0 bridgehead atoms. The summed E-state index contributed by atoms with van der Waals surface area (Å²) >= 11 is 1.06. The van der Waals surface area contributed by atoms with Crippen LogP contribution in [0.15, 0.2) is 47.6 Å². The quantitative estimate of drug-likeness (QED) is 0.554. The van der Waals surface area contributed by atoms with Crippen LogP contribution in [0.25, 0.3) is 10.2 Å². The van der Waals surface area contributed by atoms with E-state index in [1.54, 1.807) is 11.6 Å². The van der Waals surface area contributed by atoms with Gasteiger partial charge in [-0.15, -0.1) is 18.3 Å². The number of aryl methyl sites for hydroxylation is 1. The smallest absolute Gasteiger partial charge is 0.406 e. The number of benzene rings is 2. The van der Waals surface area contributed by atoms with E-state index in [-0.39, 0.29) is 11.3 Å². The molecule has 1 amide bonds. The topological polar surface area (TPSA) is 55.6 Å². The molecule has 3 rings (SSSR count). The zero-order valence-electron chi connectivity index (χ0n) is 13.2. The summed E-state index contributed by atoms with van der Waals surface area (Å²) in [6.07, 6.45) is -4.78. The maximum absolute atomic E-state index is 13.1. The monoisotopic (exact) mass is 385 g/mol. The van der Waals surface area contributed by atoms with Crippen LogP contribution in [0.4, 0.5) is 17.6 Å². The first kappa shape index (κ1) is 17.9. The molecule has 0 saturated heterocycles. The molecule has 26 heavy (non-hydrogen) atoms. The Bertz CT molecular complexity index is 1040. The number of amides is 1. The number of nitrogens with one attached hydrogen (secondary N) is 1. The van der Waals surface area contributed by atoms with Gasteiger partial charge < -0.3 is 9.30 Å². The first-order chi connectivity index (χ1) is 12.2. The molecule has 136 valence electrons. The van der Waals surface area contributed by atoms with Crippen LogP contribution < -0.4 is 15.0 Å². The molecule has 1 heterocycles. The lowest BCUT2D eigenvalue weighted by molar-refractivity contribution is -0.274. The van der Waals surface area contributed by atoms with Crippen LogP contribution in [0.5, 0.6) is 5.75 Å². The van der Waals surface area contributed by atoms with Crippen molar-refractivity contribution in [2.45, 2.75) is 6.36 Å². The average Bonchev–Trinajstić information content (AvgIpc) is 2.86. The Kier molecular flexibility index (Phi) is 4.68. The molecule has 0 aliphatic heterocycles. The fourth-order valence-corrected chi connectivity index (χ4v) is 3.22. The minimum Gasteiger partial charge on any atom is -0.406 e. The summed E-state index contributed by atoms with van der Waals surface area (Å²) in [5, 5.41) is 3.95. The molecule has 0 aliphatic rings. The van der Waals surface area contributed by atoms with Gasteiger partial charge in [-0.05, 0) is 36.4 Å². The van der Waals surface area contributed by atoms with Crippen molar-refractivity contribution < 1.29 is 27.1 Å². The number of nitrogens with zero attached hydrogens (tertiary/aromatic N) is 2. The molecule has 10 heteroatoms. The van der Waals surface area contributed by atoms with Gasteiger partial charge in [0.25, 0.3) is 5.91 Å². The van der Waals surface area contributed by atoms with Crippen LogP contribution in [-0.2, 0) is 7.05 Å². The maximum atomic E-state index is 13.1. The zero-order valence-corrected chi connectivity index (χ0v) is 14.0. The molecule has 3 aromatic rings. The summed E-state index contributed by atoms with van der Waals surface area (Å²) in [6.45, 7) is 0. The lowest BCUT2D eigenvalue weighted by Gasteiger charge is -2.08. The Morgan fingerprint density at radius 3 is 2.69 bits per heavy atom. The van der Waals surface area contributed by atoms with Gasteiger partial charge in [-0.3, -0.25) is 4.79 Å². The second-order valence-electron chi connectivity index (χ2n) is 5.18. The second-order valence-corrected chi connectivity index (χ2v) is 6.19. The third-order valence-corrected chi connectivity index (χ3v) is 4.45. The van der Waals surface area contributed by atoms with Crippen molar-refractivity contribution in [1.82, 2.24) is 9.99 Å². The van der Waals surface area contributed by atoms with Crippen LogP contribution in [0.1, 0.15) is 10.4 Å². The van der Waals surface area contributed by atoms with Gasteiger partial charge in [-0.1, -0.05) is 17.4 Å². The molecule has 0 aliphatic carbocycles. The Morgan fingerprint density at radius 1 is 1.23 bits per heavy atom. The number of carbonyl (C=O) groups is 1. The van der Waals surface area contributed by atoms with Gasteiger partial charge in [-0.25, -0.2) is 9.82 Å². The summed E-state index contributed by atoms with van der Waals surface area (Å²) in [5.74, 6) is -1.51. The van der Waals surface area contributed by atoms with E-state index < -0.39 is 18.1 Å². The van der Waals surface area contributed by atoms with E-state index in [1.807, 2.05) is 0 Å². The normalized spacial score (nSPS) is 12.4. The molecule has 2 aromatic carbocycles. The molecular formula is C16H11F4N3O2S. The molecule has 0 unspecified atom stereocenters. The largest absolute Gasteiger partial charge is 0.573 e. The lowest BCUT2D eigenvalue weighted by Crippen LogP contribution is -2.23. The van der Waals surface area contributed by atoms with Crippen molar-refractivity contribution in [3.63, 3.8) is 0 Å². The maximum Gasteiger partial charge on any atom is 0.573 e. The first-order valence-electron chi connectivity index (χ1n) is 7.18. The summed E-state index contributed by atoms with van der Waals surface area (Å²) in [5.41, 5.74) is 3.00. The predicted molar refractivity (Wildman–Crippen MR) is 86.9 cm³/mol. The van der Waals surface area contributed by atoms with E-state index >= 15 is 0 Å². The molecular weight excluding hydrogens is 374 g/mol. The highest BCUT2D eigenvalue weighted by molar-refractivity contribution is 7.16. The molecule has 5 nitrogen and oxygen atoms in total. The van der Waals surface area contributed by atoms with E-state index in [9.17, 15) is 22.4 Å². The lowest BCUT2D eigenvalue weighted by atomic mass is 10.2. The van der Waals surface area contributed by atoms with Crippen LogP contribution in [0.2, 0.25) is 0 Å². The molecule has 0 saturated carbocycles. The SMILES string of the molecule is Cn1/c(=N/NC(=O)c2cccc(F)c2)sc2cc(OC(F)(F)F)ccc21. The number of halogens is 4. The summed E-state index contributed by atoms with van der Waals surface area (Å²) in [7, 11) is 1.65. The highest BCUT2D eigenvalue weighted by atomic mass is 32.1. The van der Waals surface area contributed by atoms with Crippen molar-refractivity contribution in [3.05, 3.63) is 58.6 Å². The zero-order chi connectivity index (χ0) is 18.9. The Hall–Kier alpha value is -2.88. The van der Waals surface area contributed by atoms with E-state index in [0.717, 1.165) is 17.4 Å². The second kappa shape index (κ2) is 6.79. The summed E-state index contributed by atoms with van der Waals surface area (Å²) in [6, 6.07) is 8.99. The van der Waals surface area contributed by atoms with Crippen molar-refractivity contribution in [2.24, 2.45) is 12.1 Å². The highest BCUT2D eigenvalue weighted by Gasteiger charge is 2.31. The first-order valence-corrected chi connectivity index (χ1v) is 7.99. The Morgan fingerprint density at radius 2 is 2.00 bits per heavy atom. The van der Waals surface area contributed by atoms with Crippen LogP contribution in [0, 0.1) is 5.82 Å². The fourth-order valence-electron chi connectivity index (χ4n) is 2.21. The number of alkyl halides is 3. The van der Waals surface area contributed by atoms with Crippen molar-refractivity contribution in [2.75, 3.05) is 0 Å².